The second-order valence-electron chi connectivity index (χ2n) is 5.85. The maximum absolute atomic E-state index is 3.42. The standard InChI is InChI=1S/C14H29N3/c1-14(13-17-8-3-2-4-9-17)5-10-16-11-6-15-7-12-16/h14-15H,2-13H2,1H3. The Morgan fingerprint density at radius 1 is 0.941 bits per heavy atom. The summed E-state index contributed by atoms with van der Waals surface area (Å²) in [7, 11) is 0. The molecule has 0 aromatic carbocycles. The van der Waals surface area contributed by atoms with Gasteiger partial charge in [-0.1, -0.05) is 13.3 Å². The van der Waals surface area contributed by atoms with Crippen LogP contribution in [0.1, 0.15) is 32.6 Å². The van der Waals surface area contributed by atoms with Gasteiger partial charge in [-0.05, 0) is 44.8 Å². The zero-order valence-electron chi connectivity index (χ0n) is 11.5. The average Bonchev–Trinajstić information content (AvgIpc) is 2.39. The fourth-order valence-corrected chi connectivity index (χ4v) is 3.01. The van der Waals surface area contributed by atoms with Gasteiger partial charge in [0.2, 0.25) is 0 Å². The number of rotatable bonds is 5. The van der Waals surface area contributed by atoms with Crippen LogP contribution in [0.4, 0.5) is 0 Å². The third-order valence-corrected chi connectivity index (χ3v) is 4.17. The number of nitrogens with one attached hydrogen (secondary N) is 1. The number of hydrogen-bond acceptors (Lipinski definition) is 3. The zero-order valence-corrected chi connectivity index (χ0v) is 11.5. The maximum Gasteiger partial charge on any atom is 0.0107 e. The summed E-state index contributed by atoms with van der Waals surface area (Å²) in [6.45, 7) is 12.6. The Balaban J connectivity index is 1.57. The van der Waals surface area contributed by atoms with Gasteiger partial charge in [-0.25, -0.2) is 0 Å². The molecule has 1 N–H and O–H groups in total. The van der Waals surface area contributed by atoms with Crippen LogP contribution in [0, 0.1) is 5.92 Å². The molecule has 1 atom stereocenters. The van der Waals surface area contributed by atoms with E-state index in [2.05, 4.69) is 22.0 Å². The monoisotopic (exact) mass is 239 g/mol. The van der Waals surface area contributed by atoms with Crippen LogP contribution in [-0.2, 0) is 0 Å². The van der Waals surface area contributed by atoms with Crippen molar-refractivity contribution in [2.75, 3.05) is 52.4 Å². The molecule has 0 saturated carbocycles. The lowest BCUT2D eigenvalue weighted by Gasteiger charge is -2.31. The van der Waals surface area contributed by atoms with E-state index < -0.39 is 0 Å². The summed E-state index contributed by atoms with van der Waals surface area (Å²) in [4.78, 5) is 5.29. The van der Waals surface area contributed by atoms with E-state index in [0.29, 0.717) is 0 Å². The van der Waals surface area contributed by atoms with E-state index in [1.807, 2.05) is 0 Å². The summed E-state index contributed by atoms with van der Waals surface area (Å²) in [6.07, 6.45) is 5.66. The van der Waals surface area contributed by atoms with E-state index in [4.69, 9.17) is 0 Å². The van der Waals surface area contributed by atoms with Crippen LogP contribution in [0.15, 0.2) is 0 Å². The van der Waals surface area contributed by atoms with E-state index in [0.717, 1.165) is 5.92 Å². The largest absolute Gasteiger partial charge is 0.314 e. The first-order valence-electron chi connectivity index (χ1n) is 7.50. The van der Waals surface area contributed by atoms with Crippen molar-refractivity contribution in [2.24, 2.45) is 5.92 Å². The van der Waals surface area contributed by atoms with Crippen molar-refractivity contribution in [2.45, 2.75) is 32.6 Å². The van der Waals surface area contributed by atoms with E-state index in [1.54, 1.807) is 0 Å². The molecule has 2 fully saturated rings. The average molecular weight is 239 g/mol. The summed E-state index contributed by atoms with van der Waals surface area (Å²) in [5.74, 6) is 0.864. The number of hydrogen-bond donors (Lipinski definition) is 1. The van der Waals surface area contributed by atoms with Crippen molar-refractivity contribution in [3.8, 4) is 0 Å². The highest BCUT2D eigenvalue weighted by atomic mass is 15.2. The van der Waals surface area contributed by atoms with Gasteiger partial charge in [-0.15, -0.1) is 0 Å². The van der Waals surface area contributed by atoms with E-state index in [-0.39, 0.29) is 0 Å². The van der Waals surface area contributed by atoms with Gasteiger partial charge in [0.15, 0.2) is 0 Å². The lowest BCUT2D eigenvalue weighted by Crippen LogP contribution is -2.44. The molecule has 1 unspecified atom stereocenters. The zero-order chi connectivity index (χ0) is 11.9. The van der Waals surface area contributed by atoms with Crippen LogP contribution < -0.4 is 5.32 Å². The molecule has 0 spiro atoms. The smallest absolute Gasteiger partial charge is 0.0107 e. The van der Waals surface area contributed by atoms with Gasteiger partial charge in [0, 0.05) is 32.7 Å². The third kappa shape index (κ3) is 4.94. The minimum Gasteiger partial charge on any atom is -0.314 e. The van der Waals surface area contributed by atoms with Crippen LogP contribution in [0.3, 0.4) is 0 Å². The molecule has 0 aliphatic carbocycles. The van der Waals surface area contributed by atoms with Gasteiger partial charge in [0.05, 0.1) is 0 Å². The number of piperazine rings is 1. The van der Waals surface area contributed by atoms with Crippen LogP contribution in [0.25, 0.3) is 0 Å². The Morgan fingerprint density at radius 2 is 1.65 bits per heavy atom. The molecule has 3 heteroatoms. The van der Waals surface area contributed by atoms with Crippen LogP contribution in [0.5, 0.6) is 0 Å². The molecule has 0 amide bonds. The molecule has 17 heavy (non-hydrogen) atoms. The van der Waals surface area contributed by atoms with Crippen molar-refractivity contribution < 1.29 is 0 Å². The van der Waals surface area contributed by atoms with Gasteiger partial charge in [-0.3, -0.25) is 0 Å². The lowest BCUT2D eigenvalue weighted by molar-refractivity contribution is 0.177. The van der Waals surface area contributed by atoms with Crippen molar-refractivity contribution >= 4 is 0 Å². The first-order valence-corrected chi connectivity index (χ1v) is 7.50. The molecule has 2 rings (SSSR count). The van der Waals surface area contributed by atoms with E-state index >= 15 is 0 Å². The Labute approximate surface area is 107 Å². The molecule has 2 aliphatic rings. The molecular weight excluding hydrogens is 210 g/mol. The fraction of sp³-hybridized carbons (Fsp3) is 1.00. The van der Waals surface area contributed by atoms with Gasteiger partial charge < -0.3 is 15.1 Å². The second-order valence-corrected chi connectivity index (χ2v) is 5.85. The summed E-state index contributed by atoms with van der Waals surface area (Å²) < 4.78 is 0. The highest BCUT2D eigenvalue weighted by molar-refractivity contribution is 4.71. The summed E-state index contributed by atoms with van der Waals surface area (Å²) in [5.41, 5.74) is 0. The Bertz CT molecular complexity index is 196. The predicted molar refractivity (Wildman–Crippen MR) is 73.4 cm³/mol. The third-order valence-electron chi connectivity index (χ3n) is 4.17. The SMILES string of the molecule is CC(CCN1CCNCC1)CN1CCCCC1. The summed E-state index contributed by atoms with van der Waals surface area (Å²) >= 11 is 0. The molecule has 0 radical (unpaired) electrons. The first kappa shape index (κ1) is 13.3. The molecule has 3 nitrogen and oxygen atoms in total. The molecule has 0 aromatic rings. The van der Waals surface area contributed by atoms with Crippen LogP contribution in [0.2, 0.25) is 0 Å². The lowest BCUT2D eigenvalue weighted by atomic mass is 10.0. The molecule has 0 aromatic heterocycles. The van der Waals surface area contributed by atoms with Crippen LogP contribution in [-0.4, -0.2) is 62.2 Å². The number of likely N-dealkylation sites (tertiary alicyclic amines) is 1. The minimum atomic E-state index is 0.864. The van der Waals surface area contributed by atoms with Crippen molar-refractivity contribution in [3.63, 3.8) is 0 Å². The molecule has 2 aliphatic heterocycles. The molecule has 2 saturated heterocycles. The van der Waals surface area contributed by atoms with Crippen molar-refractivity contribution in [3.05, 3.63) is 0 Å². The molecule has 100 valence electrons. The second kappa shape index (κ2) is 7.34. The topological polar surface area (TPSA) is 18.5 Å². The summed E-state index contributed by atoms with van der Waals surface area (Å²) in [6, 6.07) is 0. The number of nitrogens with zero attached hydrogens (tertiary/aromatic N) is 2. The van der Waals surface area contributed by atoms with Gasteiger partial charge in [0.25, 0.3) is 0 Å². The van der Waals surface area contributed by atoms with Gasteiger partial charge >= 0.3 is 0 Å². The predicted octanol–water partition coefficient (Wildman–Crippen LogP) is 1.40. The Hall–Kier alpha value is -0.120. The van der Waals surface area contributed by atoms with E-state index in [1.165, 1.54) is 78.0 Å². The van der Waals surface area contributed by atoms with Gasteiger partial charge in [0.1, 0.15) is 0 Å². The molecule has 0 bridgehead atoms. The van der Waals surface area contributed by atoms with Gasteiger partial charge in [-0.2, -0.15) is 0 Å². The highest BCUT2D eigenvalue weighted by Gasteiger charge is 2.15. The Kier molecular flexibility index (Phi) is 5.75. The highest BCUT2D eigenvalue weighted by Crippen LogP contribution is 2.13. The van der Waals surface area contributed by atoms with Crippen molar-refractivity contribution in [1.29, 1.82) is 0 Å². The normalized spacial score (nSPS) is 25.9. The first-order chi connectivity index (χ1) is 8.34. The Morgan fingerprint density at radius 3 is 2.35 bits per heavy atom. The fourth-order valence-electron chi connectivity index (χ4n) is 3.01. The summed E-state index contributed by atoms with van der Waals surface area (Å²) in [5, 5.41) is 3.42. The molecule has 2 heterocycles. The minimum absolute atomic E-state index is 0.864. The number of piperidine rings is 1. The van der Waals surface area contributed by atoms with Crippen LogP contribution >= 0.6 is 0 Å². The van der Waals surface area contributed by atoms with E-state index in [9.17, 15) is 0 Å². The quantitative estimate of drug-likeness (QED) is 0.782. The molecular formula is C14H29N3. The van der Waals surface area contributed by atoms with Crippen molar-refractivity contribution in [1.82, 2.24) is 15.1 Å². The maximum atomic E-state index is 3.42.